The van der Waals surface area contributed by atoms with Crippen molar-refractivity contribution in [1.29, 1.82) is 0 Å². The molecule has 4 rings (SSSR count). The number of nitrogens with zero attached hydrogens (tertiary/aromatic N) is 3. The van der Waals surface area contributed by atoms with Gasteiger partial charge in [0.15, 0.2) is 0 Å². The largest absolute Gasteiger partial charge is 0.507 e. The minimum Gasteiger partial charge on any atom is -0.507 e. The average molecular weight is 486 g/mol. The number of fused-ring (bicyclic) bond motifs is 1. The lowest BCUT2D eigenvalue weighted by atomic mass is 10.1. The van der Waals surface area contributed by atoms with Gasteiger partial charge in [-0.3, -0.25) is 9.80 Å². The zero-order valence-electron chi connectivity index (χ0n) is 18.0. The highest BCUT2D eigenvalue weighted by molar-refractivity contribution is 9.10. The number of phenols is 1. The number of piperazine rings is 1. The Bertz CT molecular complexity index is 1070. The van der Waals surface area contributed by atoms with Crippen LogP contribution < -0.4 is 0 Å². The van der Waals surface area contributed by atoms with Crippen LogP contribution in [0.25, 0.3) is 10.9 Å². The molecule has 2 heterocycles. The van der Waals surface area contributed by atoms with Crippen molar-refractivity contribution >= 4 is 32.8 Å². The maximum Gasteiger partial charge on any atom is 0.340 e. The van der Waals surface area contributed by atoms with Crippen LogP contribution in [0.4, 0.5) is 0 Å². The summed E-state index contributed by atoms with van der Waals surface area (Å²) in [4.78, 5) is 17.7. The molecule has 0 unspecified atom stereocenters. The zero-order chi connectivity index (χ0) is 22.0. The Hall–Kier alpha value is -2.35. The van der Waals surface area contributed by atoms with Gasteiger partial charge >= 0.3 is 5.97 Å². The molecule has 2 aromatic carbocycles. The molecule has 1 aromatic heterocycles. The summed E-state index contributed by atoms with van der Waals surface area (Å²) in [5, 5.41) is 10.9. The fourth-order valence-corrected chi connectivity index (χ4v) is 4.60. The van der Waals surface area contributed by atoms with Gasteiger partial charge < -0.3 is 14.4 Å². The first-order valence-electron chi connectivity index (χ1n) is 10.6. The van der Waals surface area contributed by atoms with Crippen molar-refractivity contribution in [2.24, 2.45) is 7.05 Å². The first-order valence-corrected chi connectivity index (χ1v) is 11.4. The number of carbonyl (C=O) groups excluding carboxylic acids is 1. The molecule has 1 saturated heterocycles. The zero-order valence-corrected chi connectivity index (χ0v) is 19.6. The predicted octanol–water partition coefficient (Wildman–Crippen LogP) is 4.14. The van der Waals surface area contributed by atoms with E-state index in [4.69, 9.17) is 4.74 Å². The Morgan fingerprint density at radius 2 is 1.71 bits per heavy atom. The van der Waals surface area contributed by atoms with Gasteiger partial charge in [0.2, 0.25) is 0 Å². The fraction of sp³-hybridized carbons (Fsp3) is 0.375. The van der Waals surface area contributed by atoms with E-state index in [1.165, 1.54) is 5.56 Å². The number of esters is 1. The molecule has 1 aliphatic rings. The number of halogens is 1. The lowest BCUT2D eigenvalue weighted by molar-refractivity contribution is 0.0524. The molecule has 0 spiro atoms. The quantitative estimate of drug-likeness (QED) is 0.531. The van der Waals surface area contributed by atoms with E-state index < -0.39 is 0 Å². The number of ether oxygens (including phenoxy) is 1. The fourth-order valence-electron chi connectivity index (χ4n) is 4.27. The third-order valence-corrected chi connectivity index (χ3v) is 6.59. The van der Waals surface area contributed by atoms with E-state index in [1.807, 2.05) is 30.7 Å². The summed E-state index contributed by atoms with van der Waals surface area (Å²) in [7, 11) is 1.97. The van der Waals surface area contributed by atoms with E-state index >= 15 is 0 Å². The third-order valence-electron chi connectivity index (χ3n) is 5.96. The molecule has 1 fully saturated rings. The van der Waals surface area contributed by atoms with Crippen LogP contribution in [0.15, 0.2) is 46.9 Å². The van der Waals surface area contributed by atoms with Gasteiger partial charge in [0.25, 0.3) is 0 Å². The number of rotatable bonds is 6. The number of phenolic OH excluding ortho intramolecular Hbond substituents is 1. The summed E-state index contributed by atoms with van der Waals surface area (Å²) in [5.74, 6) is -0.225. The smallest absolute Gasteiger partial charge is 0.340 e. The number of carbonyl (C=O) groups is 1. The molecule has 0 saturated carbocycles. The second-order valence-corrected chi connectivity index (χ2v) is 8.81. The Morgan fingerprint density at radius 3 is 2.35 bits per heavy atom. The van der Waals surface area contributed by atoms with Crippen molar-refractivity contribution in [3.05, 3.63) is 63.8 Å². The molecule has 6 nitrogen and oxygen atoms in total. The van der Waals surface area contributed by atoms with Gasteiger partial charge in [-0.2, -0.15) is 0 Å². The molecular formula is C24H28BrN3O3. The summed E-state index contributed by atoms with van der Waals surface area (Å²) in [6.45, 7) is 7.59. The minimum atomic E-state index is -0.340. The molecule has 0 bridgehead atoms. The summed E-state index contributed by atoms with van der Waals surface area (Å²) in [6.07, 6.45) is 0. The van der Waals surface area contributed by atoms with Gasteiger partial charge in [-0.1, -0.05) is 30.3 Å². The Labute approximate surface area is 191 Å². The summed E-state index contributed by atoms with van der Waals surface area (Å²) >= 11 is 3.39. The molecule has 0 radical (unpaired) electrons. The van der Waals surface area contributed by atoms with E-state index in [-0.39, 0.29) is 11.7 Å². The van der Waals surface area contributed by atoms with Crippen molar-refractivity contribution in [3.8, 4) is 5.75 Å². The van der Waals surface area contributed by atoms with Crippen LogP contribution in [0.2, 0.25) is 0 Å². The average Bonchev–Trinajstić information content (AvgIpc) is 3.02. The van der Waals surface area contributed by atoms with Crippen LogP contribution in [0.1, 0.15) is 28.5 Å². The SMILES string of the molecule is CCOC(=O)c1c(CN2CCN(Cc3ccccc3)CC2)n(C)c2cc(Br)c(O)cc12. The summed E-state index contributed by atoms with van der Waals surface area (Å²) in [6, 6.07) is 14.0. The van der Waals surface area contributed by atoms with Gasteiger partial charge in [0.05, 0.1) is 22.2 Å². The van der Waals surface area contributed by atoms with Gasteiger partial charge in [-0.15, -0.1) is 0 Å². The van der Waals surface area contributed by atoms with Gasteiger partial charge in [0, 0.05) is 57.4 Å². The van der Waals surface area contributed by atoms with Crippen molar-refractivity contribution in [2.75, 3.05) is 32.8 Å². The summed E-state index contributed by atoms with van der Waals surface area (Å²) < 4.78 is 8.01. The van der Waals surface area contributed by atoms with E-state index in [9.17, 15) is 9.90 Å². The van der Waals surface area contributed by atoms with Crippen LogP contribution >= 0.6 is 15.9 Å². The monoisotopic (exact) mass is 485 g/mol. The molecule has 3 aromatic rings. The Kier molecular flexibility index (Phi) is 6.65. The molecule has 164 valence electrons. The first kappa shape index (κ1) is 21.9. The Balaban J connectivity index is 1.55. The first-order chi connectivity index (χ1) is 15.0. The van der Waals surface area contributed by atoms with Crippen LogP contribution in [-0.4, -0.2) is 58.2 Å². The van der Waals surface area contributed by atoms with Gasteiger partial charge in [-0.25, -0.2) is 4.79 Å². The number of hydrogen-bond donors (Lipinski definition) is 1. The van der Waals surface area contributed by atoms with Crippen LogP contribution in [0, 0.1) is 0 Å². The maximum absolute atomic E-state index is 12.8. The number of benzene rings is 2. The lowest BCUT2D eigenvalue weighted by Gasteiger charge is -2.35. The maximum atomic E-state index is 12.8. The minimum absolute atomic E-state index is 0.115. The normalized spacial score (nSPS) is 15.5. The number of aromatic hydroxyl groups is 1. The highest BCUT2D eigenvalue weighted by atomic mass is 79.9. The third kappa shape index (κ3) is 4.63. The van der Waals surface area contributed by atoms with Crippen LogP contribution in [-0.2, 0) is 24.9 Å². The highest BCUT2D eigenvalue weighted by Gasteiger charge is 2.26. The molecule has 1 aliphatic heterocycles. The van der Waals surface area contributed by atoms with E-state index in [2.05, 4.69) is 50.0 Å². The number of aromatic nitrogens is 1. The molecule has 31 heavy (non-hydrogen) atoms. The van der Waals surface area contributed by atoms with Crippen molar-refractivity contribution in [2.45, 2.75) is 20.0 Å². The molecular weight excluding hydrogens is 458 g/mol. The van der Waals surface area contributed by atoms with E-state index in [0.717, 1.165) is 49.3 Å². The molecule has 1 N–H and O–H groups in total. The van der Waals surface area contributed by atoms with E-state index in [0.29, 0.717) is 23.2 Å². The molecule has 7 heteroatoms. The number of hydrogen-bond acceptors (Lipinski definition) is 5. The second kappa shape index (κ2) is 9.42. The van der Waals surface area contributed by atoms with Gasteiger partial charge in [-0.05, 0) is 40.5 Å². The van der Waals surface area contributed by atoms with E-state index in [1.54, 1.807) is 6.07 Å². The standard InChI is InChI=1S/C24H28BrN3O3/c1-3-31-24(30)23-18-13-22(29)19(25)14-20(18)26(2)21(23)16-28-11-9-27(10-12-28)15-17-7-5-4-6-8-17/h4-8,13-14,29H,3,9-12,15-16H2,1-2H3. The van der Waals surface area contributed by atoms with Crippen molar-refractivity contribution in [3.63, 3.8) is 0 Å². The topological polar surface area (TPSA) is 57.9 Å². The van der Waals surface area contributed by atoms with Crippen LogP contribution in [0.5, 0.6) is 5.75 Å². The van der Waals surface area contributed by atoms with Crippen LogP contribution in [0.3, 0.4) is 0 Å². The molecule has 0 atom stereocenters. The highest BCUT2D eigenvalue weighted by Crippen LogP contribution is 2.35. The van der Waals surface area contributed by atoms with Gasteiger partial charge in [0.1, 0.15) is 5.75 Å². The Morgan fingerprint density at radius 1 is 1.06 bits per heavy atom. The second-order valence-electron chi connectivity index (χ2n) is 7.96. The molecule has 0 amide bonds. The molecule has 0 aliphatic carbocycles. The summed E-state index contributed by atoms with van der Waals surface area (Å²) in [5.41, 5.74) is 3.70. The predicted molar refractivity (Wildman–Crippen MR) is 125 cm³/mol. The van der Waals surface area contributed by atoms with Crippen molar-refractivity contribution < 1.29 is 14.6 Å². The lowest BCUT2D eigenvalue weighted by Crippen LogP contribution is -2.45. The van der Waals surface area contributed by atoms with Crippen molar-refractivity contribution in [1.82, 2.24) is 14.4 Å². The number of aryl methyl sites for hydroxylation is 1.